The molecule has 1 aromatic rings. The molecule has 1 aliphatic heterocycles. The van der Waals surface area contributed by atoms with Gasteiger partial charge in [-0.3, -0.25) is 0 Å². The van der Waals surface area contributed by atoms with Crippen LogP contribution in [0, 0.1) is 13.8 Å². The quantitative estimate of drug-likeness (QED) is 0.867. The van der Waals surface area contributed by atoms with Crippen LogP contribution in [0.15, 0.2) is 18.2 Å². The molecule has 1 atom stereocenters. The Morgan fingerprint density at radius 3 is 2.29 bits per heavy atom. The molecule has 1 heterocycles. The number of hydrogen-bond acceptors (Lipinski definition) is 3. The third kappa shape index (κ3) is 3.53. The van der Waals surface area contributed by atoms with Gasteiger partial charge in [0.15, 0.2) is 0 Å². The number of nitrogens with one attached hydrogen (secondary N) is 1. The standard InChI is InChI=1S/C14H22N2O/c1-11-8-12(2)10-14(9-11)13(3)15-16-4-6-17-7-5-16/h8-10,13,15H,4-7H2,1-3H3. The monoisotopic (exact) mass is 234 g/mol. The van der Waals surface area contributed by atoms with Crippen molar-refractivity contribution in [3.63, 3.8) is 0 Å². The normalized spacial score (nSPS) is 19.2. The smallest absolute Gasteiger partial charge is 0.0608 e. The maximum Gasteiger partial charge on any atom is 0.0608 e. The van der Waals surface area contributed by atoms with E-state index in [4.69, 9.17) is 4.74 Å². The molecule has 0 spiro atoms. The molecule has 0 amide bonds. The maximum absolute atomic E-state index is 5.34. The van der Waals surface area contributed by atoms with E-state index in [1.165, 1.54) is 16.7 Å². The number of benzene rings is 1. The van der Waals surface area contributed by atoms with Crippen LogP contribution < -0.4 is 5.43 Å². The lowest BCUT2D eigenvalue weighted by atomic mass is 10.0. The van der Waals surface area contributed by atoms with Crippen LogP contribution in [0.25, 0.3) is 0 Å². The Hall–Kier alpha value is -0.900. The zero-order valence-electron chi connectivity index (χ0n) is 11.0. The fraction of sp³-hybridized carbons (Fsp3) is 0.571. The van der Waals surface area contributed by atoms with Gasteiger partial charge in [0.25, 0.3) is 0 Å². The summed E-state index contributed by atoms with van der Waals surface area (Å²) in [5.74, 6) is 0. The Labute approximate surface area is 104 Å². The molecule has 17 heavy (non-hydrogen) atoms. The van der Waals surface area contributed by atoms with Gasteiger partial charge in [-0.05, 0) is 26.3 Å². The molecule has 94 valence electrons. The highest BCUT2D eigenvalue weighted by atomic mass is 16.5. The molecule has 0 aromatic heterocycles. The van der Waals surface area contributed by atoms with Gasteiger partial charge in [0.2, 0.25) is 0 Å². The third-order valence-electron chi connectivity index (χ3n) is 3.13. The third-order valence-corrected chi connectivity index (χ3v) is 3.13. The van der Waals surface area contributed by atoms with E-state index < -0.39 is 0 Å². The molecule has 1 unspecified atom stereocenters. The second-order valence-corrected chi connectivity index (χ2v) is 4.87. The lowest BCUT2D eigenvalue weighted by molar-refractivity contribution is 0.00484. The molecular formula is C14H22N2O. The predicted octanol–water partition coefficient (Wildman–Crippen LogP) is 2.20. The van der Waals surface area contributed by atoms with Crippen molar-refractivity contribution in [2.24, 2.45) is 0 Å². The van der Waals surface area contributed by atoms with Crippen LogP contribution >= 0.6 is 0 Å². The van der Waals surface area contributed by atoms with Gasteiger partial charge in [-0.1, -0.05) is 29.3 Å². The summed E-state index contributed by atoms with van der Waals surface area (Å²) in [5.41, 5.74) is 7.56. The second kappa shape index (κ2) is 5.63. The molecule has 1 saturated heterocycles. The average molecular weight is 234 g/mol. The highest BCUT2D eigenvalue weighted by Crippen LogP contribution is 2.17. The fourth-order valence-corrected chi connectivity index (χ4v) is 2.30. The summed E-state index contributed by atoms with van der Waals surface area (Å²) in [6.45, 7) is 10.1. The molecule has 3 heteroatoms. The minimum atomic E-state index is 0.353. The van der Waals surface area contributed by atoms with Crippen LogP contribution in [0.1, 0.15) is 29.7 Å². The van der Waals surface area contributed by atoms with Crippen molar-refractivity contribution < 1.29 is 4.74 Å². The SMILES string of the molecule is Cc1cc(C)cc(C(C)NN2CCOCC2)c1. The van der Waals surface area contributed by atoms with Gasteiger partial charge in [0.05, 0.1) is 13.2 Å². The van der Waals surface area contributed by atoms with Crippen molar-refractivity contribution in [3.05, 3.63) is 34.9 Å². The first-order chi connectivity index (χ1) is 8.15. The molecule has 1 N–H and O–H groups in total. The summed E-state index contributed by atoms with van der Waals surface area (Å²) in [7, 11) is 0. The zero-order valence-corrected chi connectivity index (χ0v) is 11.0. The predicted molar refractivity (Wildman–Crippen MR) is 69.9 cm³/mol. The number of rotatable bonds is 3. The van der Waals surface area contributed by atoms with E-state index in [0.29, 0.717) is 6.04 Å². The van der Waals surface area contributed by atoms with E-state index in [1.807, 2.05) is 0 Å². The van der Waals surface area contributed by atoms with Crippen molar-refractivity contribution in [1.82, 2.24) is 10.4 Å². The van der Waals surface area contributed by atoms with Crippen molar-refractivity contribution in [1.29, 1.82) is 0 Å². The van der Waals surface area contributed by atoms with E-state index in [1.54, 1.807) is 0 Å². The van der Waals surface area contributed by atoms with Gasteiger partial charge in [-0.25, -0.2) is 10.4 Å². The summed E-state index contributed by atoms with van der Waals surface area (Å²) in [6, 6.07) is 7.08. The number of hydrogen-bond donors (Lipinski definition) is 1. The molecule has 0 bridgehead atoms. The Morgan fingerprint density at radius 2 is 1.71 bits per heavy atom. The molecule has 0 aliphatic carbocycles. The topological polar surface area (TPSA) is 24.5 Å². The maximum atomic E-state index is 5.34. The van der Waals surface area contributed by atoms with E-state index in [-0.39, 0.29) is 0 Å². The van der Waals surface area contributed by atoms with Crippen LogP contribution in [0.5, 0.6) is 0 Å². The lowest BCUT2D eigenvalue weighted by Crippen LogP contribution is -2.46. The van der Waals surface area contributed by atoms with Gasteiger partial charge in [0, 0.05) is 19.1 Å². The zero-order chi connectivity index (χ0) is 12.3. The summed E-state index contributed by atoms with van der Waals surface area (Å²) in [5, 5.41) is 2.26. The van der Waals surface area contributed by atoms with Gasteiger partial charge in [0.1, 0.15) is 0 Å². The summed E-state index contributed by atoms with van der Waals surface area (Å²) < 4.78 is 5.34. The number of hydrazine groups is 1. The summed E-state index contributed by atoms with van der Waals surface area (Å²) in [6.07, 6.45) is 0. The molecule has 3 nitrogen and oxygen atoms in total. The van der Waals surface area contributed by atoms with Gasteiger partial charge < -0.3 is 4.74 Å². The Morgan fingerprint density at radius 1 is 1.12 bits per heavy atom. The van der Waals surface area contributed by atoms with Crippen LogP contribution in [-0.4, -0.2) is 31.3 Å². The molecule has 1 aromatic carbocycles. The number of ether oxygens (including phenoxy) is 1. The minimum Gasteiger partial charge on any atom is -0.379 e. The first-order valence-electron chi connectivity index (χ1n) is 6.32. The summed E-state index contributed by atoms with van der Waals surface area (Å²) >= 11 is 0. The Balaban J connectivity index is 2.00. The molecule has 1 aliphatic rings. The van der Waals surface area contributed by atoms with Crippen molar-refractivity contribution >= 4 is 0 Å². The fourth-order valence-electron chi connectivity index (χ4n) is 2.30. The molecule has 0 saturated carbocycles. The number of nitrogens with zero attached hydrogens (tertiary/aromatic N) is 1. The molecule has 0 radical (unpaired) electrons. The van der Waals surface area contributed by atoms with Crippen LogP contribution in [-0.2, 0) is 4.74 Å². The van der Waals surface area contributed by atoms with Gasteiger partial charge >= 0.3 is 0 Å². The minimum absolute atomic E-state index is 0.353. The van der Waals surface area contributed by atoms with Crippen LogP contribution in [0.2, 0.25) is 0 Å². The molecule has 1 fully saturated rings. The van der Waals surface area contributed by atoms with Crippen LogP contribution in [0.3, 0.4) is 0 Å². The molecular weight excluding hydrogens is 212 g/mol. The first-order valence-corrected chi connectivity index (χ1v) is 6.32. The number of aryl methyl sites for hydroxylation is 2. The van der Waals surface area contributed by atoms with Crippen molar-refractivity contribution in [2.75, 3.05) is 26.3 Å². The van der Waals surface area contributed by atoms with E-state index in [2.05, 4.69) is 49.4 Å². The van der Waals surface area contributed by atoms with E-state index in [9.17, 15) is 0 Å². The van der Waals surface area contributed by atoms with Gasteiger partial charge in [-0.15, -0.1) is 0 Å². The molecule has 2 rings (SSSR count). The largest absolute Gasteiger partial charge is 0.379 e. The average Bonchev–Trinajstić information content (AvgIpc) is 2.29. The van der Waals surface area contributed by atoms with Gasteiger partial charge in [-0.2, -0.15) is 0 Å². The van der Waals surface area contributed by atoms with Crippen LogP contribution in [0.4, 0.5) is 0 Å². The highest BCUT2D eigenvalue weighted by molar-refractivity contribution is 5.30. The Bertz CT molecular complexity index is 352. The Kier molecular flexibility index (Phi) is 4.15. The number of morpholine rings is 1. The first kappa shape index (κ1) is 12.6. The summed E-state index contributed by atoms with van der Waals surface area (Å²) in [4.78, 5) is 0. The highest BCUT2D eigenvalue weighted by Gasteiger charge is 2.14. The lowest BCUT2D eigenvalue weighted by Gasteiger charge is -2.30. The van der Waals surface area contributed by atoms with E-state index in [0.717, 1.165) is 26.3 Å². The van der Waals surface area contributed by atoms with E-state index >= 15 is 0 Å². The van der Waals surface area contributed by atoms with Crippen molar-refractivity contribution in [3.8, 4) is 0 Å². The van der Waals surface area contributed by atoms with Crippen molar-refractivity contribution in [2.45, 2.75) is 26.8 Å². The second-order valence-electron chi connectivity index (χ2n) is 4.87.